The van der Waals surface area contributed by atoms with Crippen molar-refractivity contribution in [3.63, 3.8) is 0 Å². The Balaban J connectivity index is 3.75. The smallest absolute Gasteiger partial charge is 0.221 e. The fraction of sp³-hybridized carbons (Fsp3) is 0.500. The number of halogens is 13. The molecule has 0 saturated carbocycles. The lowest BCUT2D eigenvalue weighted by Crippen LogP contribution is -2.69. The molecule has 0 fully saturated rings. The van der Waals surface area contributed by atoms with Crippen molar-refractivity contribution in [2.75, 3.05) is 0 Å². The highest BCUT2D eigenvalue weighted by atomic mass is 19.4. The van der Waals surface area contributed by atoms with Gasteiger partial charge in [-0.15, -0.1) is 0 Å². The average molecular weight is 395 g/mol. The minimum absolute atomic E-state index is 0.163. The molecule has 0 aliphatic carbocycles. The van der Waals surface area contributed by atoms with Crippen LogP contribution in [0.3, 0.4) is 0 Å². The standard InChI is InChI=1S/C12H4F13/c13-7(11(20,21)22,6-4-2-1-3-5-6)8(14,15)9(16,17)10(18,19)12(23,24)25/h1-4H. The van der Waals surface area contributed by atoms with E-state index < -0.39 is 41.4 Å². The van der Waals surface area contributed by atoms with Crippen molar-refractivity contribution >= 4 is 0 Å². The molecule has 0 bridgehead atoms. The summed E-state index contributed by atoms with van der Waals surface area (Å²) in [6.45, 7) is 0. The largest absolute Gasteiger partial charge is 0.460 e. The lowest BCUT2D eigenvalue weighted by atomic mass is 9.82. The predicted molar refractivity (Wildman–Crippen MR) is 55.0 cm³/mol. The van der Waals surface area contributed by atoms with E-state index in [4.69, 9.17) is 0 Å². The van der Waals surface area contributed by atoms with Crippen molar-refractivity contribution in [2.24, 2.45) is 0 Å². The molecule has 0 spiro atoms. The third-order valence-electron chi connectivity index (χ3n) is 3.05. The highest BCUT2D eigenvalue weighted by Crippen LogP contribution is 2.63. The fourth-order valence-electron chi connectivity index (χ4n) is 1.70. The minimum Gasteiger partial charge on any atom is -0.221 e. The molecular weight excluding hydrogens is 391 g/mol. The molecule has 0 nitrogen and oxygen atoms in total. The van der Waals surface area contributed by atoms with Crippen LogP contribution in [0.25, 0.3) is 0 Å². The topological polar surface area (TPSA) is 0 Å². The summed E-state index contributed by atoms with van der Waals surface area (Å²) in [6.07, 6.45) is -14.4. The summed E-state index contributed by atoms with van der Waals surface area (Å²) in [5, 5.41) is 0. The average Bonchev–Trinajstić information content (AvgIpc) is 2.44. The quantitative estimate of drug-likeness (QED) is 0.576. The predicted octanol–water partition coefficient (Wildman–Crippen LogP) is 5.68. The second-order valence-electron chi connectivity index (χ2n) is 4.65. The van der Waals surface area contributed by atoms with Gasteiger partial charge in [0.15, 0.2) is 0 Å². The molecule has 1 radical (unpaired) electrons. The second-order valence-corrected chi connectivity index (χ2v) is 4.65. The summed E-state index contributed by atoms with van der Waals surface area (Å²) in [5.41, 5.74) is -8.98. The van der Waals surface area contributed by atoms with Crippen LogP contribution >= 0.6 is 0 Å². The van der Waals surface area contributed by atoms with Crippen LogP contribution < -0.4 is 0 Å². The van der Waals surface area contributed by atoms with Gasteiger partial charge in [0.2, 0.25) is 0 Å². The molecule has 1 aromatic carbocycles. The van der Waals surface area contributed by atoms with Crippen molar-refractivity contribution in [3.05, 3.63) is 35.9 Å². The van der Waals surface area contributed by atoms with Crippen LogP contribution in [-0.2, 0) is 5.67 Å². The molecule has 0 heterocycles. The van der Waals surface area contributed by atoms with Crippen molar-refractivity contribution < 1.29 is 57.1 Å². The van der Waals surface area contributed by atoms with Gasteiger partial charge in [-0.1, -0.05) is 24.3 Å². The maximum atomic E-state index is 14.1. The minimum atomic E-state index is -7.79. The molecule has 25 heavy (non-hydrogen) atoms. The van der Waals surface area contributed by atoms with Crippen molar-refractivity contribution in [1.82, 2.24) is 0 Å². The molecule has 0 amide bonds. The maximum absolute atomic E-state index is 14.1. The summed E-state index contributed by atoms with van der Waals surface area (Å²) >= 11 is 0. The Morgan fingerprint density at radius 1 is 0.560 bits per heavy atom. The van der Waals surface area contributed by atoms with E-state index in [1.807, 2.05) is 0 Å². The van der Waals surface area contributed by atoms with Gasteiger partial charge in [0.05, 0.1) is 0 Å². The van der Waals surface area contributed by atoms with Crippen LogP contribution in [0.5, 0.6) is 0 Å². The molecule has 0 N–H and O–H groups in total. The van der Waals surface area contributed by atoms with Gasteiger partial charge in [0.1, 0.15) is 0 Å². The molecule has 1 unspecified atom stereocenters. The first kappa shape index (κ1) is 21.4. The zero-order valence-corrected chi connectivity index (χ0v) is 11.2. The molecule has 1 rings (SSSR count). The first-order valence-electron chi connectivity index (χ1n) is 5.78. The highest BCUT2D eigenvalue weighted by molar-refractivity contribution is 5.29. The monoisotopic (exact) mass is 395 g/mol. The molecule has 13 heteroatoms. The number of hydrogen-bond donors (Lipinski definition) is 0. The van der Waals surface area contributed by atoms with Crippen LogP contribution in [0.2, 0.25) is 0 Å². The van der Waals surface area contributed by atoms with Gasteiger partial charge in [0, 0.05) is 5.56 Å². The number of hydrogen-bond acceptors (Lipinski definition) is 0. The van der Waals surface area contributed by atoms with Crippen molar-refractivity contribution in [3.8, 4) is 0 Å². The van der Waals surface area contributed by atoms with E-state index in [9.17, 15) is 57.1 Å². The van der Waals surface area contributed by atoms with Gasteiger partial charge in [-0.2, -0.15) is 52.7 Å². The van der Waals surface area contributed by atoms with Gasteiger partial charge >= 0.3 is 30.1 Å². The molecule has 143 valence electrons. The fourth-order valence-corrected chi connectivity index (χ4v) is 1.70. The van der Waals surface area contributed by atoms with E-state index in [2.05, 4.69) is 0 Å². The van der Waals surface area contributed by atoms with Crippen LogP contribution in [0.4, 0.5) is 57.1 Å². The highest BCUT2D eigenvalue weighted by Gasteiger charge is 2.90. The summed E-state index contributed by atoms with van der Waals surface area (Å²) in [7, 11) is 0. The molecule has 0 saturated heterocycles. The normalized spacial score (nSPS) is 17.3. The molecule has 0 aliphatic heterocycles. The van der Waals surface area contributed by atoms with Gasteiger partial charge < -0.3 is 0 Å². The third kappa shape index (κ3) is 2.80. The molecular formula is C12H4F13. The van der Waals surface area contributed by atoms with Gasteiger partial charge in [-0.05, 0) is 6.07 Å². The van der Waals surface area contributed by atoms with Crippen LogP contribution in [-0.4, -0.2) is 30.1 Å². The molecule has 0 aliphatic rings. The number of rotatable bonds is 4. The Kier molecular flexibility index (Phi) is 4.83. The summed E-state index contributed by atoms with van der Waals surface area (Å²) in [6, 6.07) is 2.54. The van der Waals surface area contributed by atoms with E-state index in [-0.39, 0.29) is 6.07 Å². The van der Waals surface area contributed by atoms with E-state index in [0.717, 1.165) is 12.1 Å². The van der Waals surface area contributed by atoms with Gasteiger partial charge in [0.25, 0.3) is 5.67 Å². The Hall–Kier alpha value is -1.69. The number of benzene rings is 1. The van der Waals surface area contributed by atoms with Crippen molar-refractivity contribution in [1.29, 1.82) is 0 Å². The lowest BCUT2D eigenvalue weighted by molar-refractivity contribution is -0.435. The van der Waals surface area contributed by atoms with Gasteiger partial charge in [-0.25, -0.2) is 4.39 Å². The van der Waals surface area contributed by atoms with E-state index in [1.54, 1.807) is 0 Å². The molecule has 1 atom stereocenters. The Bertz CT molecular complexity index is 598. The molecule has 1 aromatic rings. The first-order chi connectivity index (χ1) is 10.9. The van der Waals surface area contributed by atoms with Gasteiger partial charge in [-0.3, -0.25) is 0 Å². The first-order valence-corrected chi connectivity index (χ1v) is 5.78. The van der Waals surface area contributed by atoms with E-state index >= 15 is 0 Å². The second kappa shape index (κ2) is 5.66. The maximum Gasteiger partial charge on any atom is 0.460 e. The number of alkyl halides is 13. The molecule has 0 aromatic heterocycles. The Morgan fingerprint density at radius 2 is 1.04 bits per heavy atom. The summed E-state index contributed by atoms with van der Waals surface area (Å²) in [4.78, 5) is 0. The summed E-state index contributed by atoms with van der Waals surface area (Å²) < 4.78 is 167. The van der Waals surface area contributed by atoms with Crippen LogP contribution in [0.1, 0.15) is 5.56 Å². The van der Waals surface area contributed by atoms with E-state index in [1.165, 1.54) is 0 Å². The van der Waals surface area contributed by atoms with Crippen LogP contribution in [0.15, 0.2) is 24.3 Å². The Labute approximate surface area is 130 Å². The SMILES string of the molecule is FC(F)(F)C(F)(F)C(F)(F)C(F)(F)C(F)(c1[c]cccc1)C(F)(F)F. The third-order valence-corrected chi connectivity index (χ3v) is 3.05. The van der Waals surface area contributed by atoms with Crippen molar-refractivity contribution in [2.45, 2.75) is 35.8 Å². The van der Waals surface area contributed by atoms with Crippen LogP contribution in [0, 0.1) is 6.07 Å². The van der Waals surface area contributed by atoms with E-state index in [0.29, 0.717) is 12.1 Å². The lowest BCUT2D eigenvalue weighted by Gasteiger charge is -2.41. The Morgan fingerprint density at radius 3 is 1.36 bits per heavy atom. The zero-order valence-electron chi connectivity index (χ0n) is 11.2. The summed E-state index contributed by atoms with van der Waals surface area (Å²) in [5.74, 6) is -23.0. The zero-order chi connectivity index (χ0) is 20.1.